The Labute approximate surface area is 140 Å². The summed E-state index contributed by atoms with van der Waals surface area (Å²) in [7, 11) is 1.24. The molecule has 2 N–H and O–H groups in total. The second-order valence-electron chi connectivity index (χ2n) is 5.84. The van der Waals surface area contributed by atoms with Crippen LogP contribution in [0.2, 0.25) is 0 Å². The van der Waals surface area contributed by atoms with Gasteiger partial charge in [0.05, 0.1) is 12.8 Å². The maximum Gasteiger partial charge on any atom is 0.341 e. The first kappa shape index (κ1) is 16.1. The van der Waals surface area contributed by atoms with E-state index < -0.39 is 5.97 Å². The van der Waals surface area contributed by atoms with Gasteiger partial charge in [-0.3, -0.25) is 4.79 Å². The van der Waals surface area contributed by atoms with Gasteiger partial charge in [0.2, 0.25) is 0 Å². The van der Waals surface area contributed by atoms with Crippen LogP contribution in [0.25, 0.3) is 0 Å². The van der Waals surface area contributed by atoms with Crippen molar-refractivity contribution in [3.63, 3.8) is 0 Å². The van der Waals surface area contributed by atoms with Crippen LogP contribution in [0, 0.1) is 0 Å². The molecule has 5 nitrogen and oxygen atoms in total. The lowest BCUT2D eigenvalue weighted by Crippen LogP contribution is -2.14. The van der Waals surface area contributed by atoms with E-state index in [9.17, 15) is 14.7 Å². The number of benzene rings is 2. The summed E-state index contributed by atoms with van der Waals surface area (Å²) in [6.07, 6.45) is 4.37. The van der Waals surface area contributed by atoms with E-state index in [0.29, 0.717) is 5.56 Å². The lowest BCUT2D eigenvalue weighted by molar-refractivity contribution is 0.0597. The average Bonchev–Trinajstić information content (AvgIpc) is 2.62. The van der Waals surface area contributed by atoms with Crippen molar-refractivity contribution in [1.82, 2.24) is 0 Å². The fourth-order valence-electron chi connectivity index (χ4n) is 2.99. The molecule has 5 heteroatoms. The van der Waals surface area contributed by atoms with Gasteiger partial charge in [0.25, 0.3) is 5.91 Å². The highest BCUT2D eigenvalue weighted by atomic mass is 16.5. The van der Waals surface area contributed by atoms with Gasteiger partial charge in [0, 0.05) is 5.56 Å². The molecule has 124 valence electrons. The average molecular weight is 325 g/mol. The van der Waals surface area contributed by atoms with Gasteiger partial charge in [-0.25, -0.2) is 4.79 Å². The standard InChI is InChI=1S/C19H19NO4/c1-24-19(23)15-7-4-8-16(17(15)21)20-18(22)14-10-9-12-5-2-3-6-13(12)11-14/h4,7-11,21H,2-3,5-6H2,1H3,(H,20,22). The third kappa shape index (κ3) is 3.11. The number of aryl methyl sites for hydroxylation is 2. The number of phenols is 1. The first-order valence-corrected chi connectivity index (χ1v) is 7.93. The van der Waals surface area contributed by atoms with Crippen molar-refractivity contribution in [2.45, 2.75) is 25.7 Å². The summed E-state index contributed by atoms with van der Waals surface area (Å²) < 4.78 is 4.61. The second kappa shape index (κ2) is 6.74. The predicted octanol–water partition coefficient (Wildman–Crippen LogP) is 3.31. The van der Waals surface area contributed by atoms with Gasteiger partial charge in [-0.15, -0.1) is 0 Å². The molecule has 0 saturated heterocycles. The van der Waals surface area contributed by atoms with Crippen LogP contribution < -0.4 is 5.32 Å². The van der Waals surface area contributed by atoms with E-state index in [1.165, 1.54) is 36.8 Å². The number of carbonyl (C=O) groups excluding carboxylic acids is 2. The lowest BCUT2D eigenvalue weighted by atomic mass is 9.90. The van der Waals surface area contributed by atoms with E-state index in [1.54, 1.807) is 12.1 Å². The molecule has 0 atom stereocenters. The predicted molar refractivity (Wildman–Crippen MR) is 90.5 cm³/mol. The number of phenolic OH excluding ortho intramolecular Hbond substituents is 1. The van der Waals surface area contributed by atoms with Gasteiger partial charge in [0.1, 0.15) is 5.56 Å². The van der Waals surface area contributed by atoms with E-state index >= 15 is 0 Å². The molecule has 1 amide bonds. The Kier molecular flexibility index (Phi) is 4.51. The summed E-state index contributed by atoms with van der Waals surface area (Å²) in [5.74, 6) is -1.27. The van der Waals surface area contributed by atoms with E-state index in [-0.39, 0.29) is 22.9 Å². The summed E-state index contributed by atoms with van der Waals surface area (Å²) in [6, 6.07) is 10.3. The van der Waals surface area contributed by atoms with Gasteiger partial charge in [-0.2, -0.15) is 0 Å². The van der Waals surface area contributed by atoms with Gasteiger partial charge < -0.3 is 15.2 Å². The van der Waals surface area contributed by atoms with Crippen molar-refractivity contribution in [2.24, 2.45) is 0 Å². The number of ether oxygens (including phenoxy) is 1. The zero-order chi connectivity index (χ0) is 17.1. The van der Waals surface area contributed by atoms with Crippen LogP contribution in [0.1, 0.15) is 44.7 Å². The number of para-hydroxylation sites is 1. The number of anilines is 1. The van der Waals surface area contributed by atoms with Crippen molar-refractivity contribution in [3.05, 3.63) is 58.7 Å². The molecule has 0 fully saturated rings. The second-order valence-corrected chi connectivity index (χ2v) is 5.84. The molecule has 1 aliphatic carbocycles. The summed E-state index contributed by atoms with van der Waals surface area (Å²) in [5, 5.41) is 12.8. The van der Waals surface area contributed by atoms with Crippen molar-refractivity contribution >= 4 is 17.6 Å². The van der Waals surface area contributed by atoms with Gasteiger partial charge in [-0.1, -0.05) is 12.1 Å². The molecule has 0 radical (unpaired) electrons. The minimum absolute atomic E-state index is 0.0146. The van der Waals surface area contributed by atoms with E-state index in [0.717, 1.165) is 19.3 Å². The zero-order valence-electron chi connectivity index (χ0n) is 13.5. The highest BCUT2D eigenvalue weighted by Crippen LogP contribution is 2.29. The van der Waals surface area contributed by atoms with Gasteiger partial charge in [0.15, 0.2) is 5.75 Å². The number of carbonyl (C=O) groups is 2. The van der Waals surface area contributed by atoms with Crippen molar-refractivity contribution < 1.29 is 19.4 Å². The number of esters is 1. The molecule has 1 aliphatic rings. The Hall–Kier alpha value is -2.82. The molecule has 0 spiro atoms. The van der Waals surface area contributed by atoms with E-state index in [1.807, 2.05) is 12.1 Å². The minimum atomic E-state index is -0.655. The fraction of sp³-hybridized carbons (Fsp3) is 0.263. The molecule has 0 bridgehead atoms. The van der Waals surface area contributed by atoms with E-state index in [2.05, 4.69) is 10.1 Å². The molecule has 24 heavy (non-hydrogen) atoms. The van der Waals surface area contributed by atoms with Crippen molar-refractivity contribution in [3.8, 4) is 5.75 Å². The fourth-order valence-corrected chi connectivity index (χ4v) is 2.99. The topological polar surface area (TPSA) is 75.6 Å². The molecule has 2 aromatic carbocycles. The van der Waals surface area contributed by atoms with Crippen molar-refractivity contribution in [1.29, 1.82) is 0 Å². The first-order chi connectivity index (χ1) is 11.6. The largest absolute Gasteiger partial charge is 0.505 e. The van der Waals surface area contributed by atoms with Crippen molar-refractivity contribution in [2.75, 3.05) is 12.4 Å². The molecule has 0 saturated carbocycles. The maximum absolute atomic E-state index is 12.5. The minimum Gasteiger partial charge on any atom is -0.505 e. The van der Waals surface area contributed by atoms with Crippen LogP contribution >= 0.6 is 0 Å². The summed E-state index contributed by atoms with van der Waals surface area (Å²) in [5.41, 5.74) is 3.25. The smallest absolute Gasteiger partial charge is 0.341 e. The number of hydrogen-bond acceptors (Lipinski definition) is 4. The Morgan fingerprint density at radius 2 is 1.83 bits per heavy atom. The van der Waals surface area contributed by atoms with Crippen LogP contribution in [-0.2, 0) is 17.6 Å². The molecular formula is C19H19NO4. The molecule has 2 aromatic rings. The van der Waals surface area contributed by atoms with Gasteiger partial charge in [-0.05, 0) is 61.1 Å². The third-order valence-corrected chi connectivity index (χ3v) is 4.30. The molecule has 0 aliphatic heterocycles. The van der Waals surface area contributed by atoms with Crippen LogP contribution in [0.4, 0.5) is 5.69 Å². The van der Waals surface area contributed by atoms with Gasteiger partial charge >= 0.3 is 5.97 Å². The number of aromatic hydroxyl groups is 1. The maximum atomic E-state index is 12.5. The third-order valence-electron chi connectivity index (χ3n) is 4.30. The zero-order valence-corrected chi connectivity index (χ0v) is 13.5. The number of hydrogen-bond donors (Lipinski definition) is 2. The molecule has 0 aromatic heterocycles. The molecule has 0 heterocycles. The number of rotatable bonds is 3. The Morgan fingerprint density at radius 1 is 1.08 bits per heavy atom. The number of amides is 1. The molecular weight excluding hydrogens is 306 g/mol. The first-order valence-electron chi connectivity index (χ1n) is 7.93. The van der Waals surface area contributed by atoms with Crippen LogP contribution in [0.15, 0.2) is 36.4 Å². The highest BCUT2D eigenvalue weighted by Gasteiger charge is 2.17. The van der Waals surface area contributed by atoms with Crippen LogP contribution in [-0.4, -0.2) is 24.1 Å². The van der Waals surface area contributed by atoms with Crippen LogP contribution in [0.5, 0.6) is 5.75 Å². The summed E-state index contributed by atoms with van der Waals surface area (Å²) >= 11 is 0. The lowest BCUT2D eigenvalue weighted by Gasteiger charge is -2.16. The quantitative estimate of drug-likeness (QED) is 0.670. The molecule has 0 unspecified atom stereocenters. The number of nitrogens with one attached hydrogen (secondary N) is 1. The Morgan fingerprint density at radius 3 is 2.58 bits per heavy atom. The summed E-state index contributed by atoms with van der Waals surface area (Å²) in [6.45, 7) is 0. The monoisotopic (exact) mass is 325 g/mol. The Bertz CT molecular complexity index is 798. The SMILES string of the molecule is COC(=O)c1cccc(NC(=O)c2ccc3c(c2)CCCC3)c1O. The summed E-state index contributed by atoms with van der Waals surface area (Å²) in [4.78, 5) is 24.1. The Balaban J connectivity index is 1.84. The number of methoxy groups -OCH3 is 1. The van der Waals surface area contributed by atoms with E-state index in [4.69, 9.17) is 0 Å². The molecule has 3 rings (SSSR count). The highest BCUT2D eigenvalue weighted by molar-refractivity contribution is 6.06. The normalized spacial score (nSPS) is 13.0. The van der Waals surface area contributed by atoms with Crippen LogP contribution in [0.3, 0.4) is 0 Å². The number of fused-ring (bicyclic) bond motifs is 1.